The number of carbonyl (C=O) groups is 2. The van der Waals surface area contributed by atoms with E-state index in [2.05, 4.69) is 15.5 Å². The van der Waals surface area contributed by atoms with Gasteiger partial charge in [-0.1, -0.05) is 48.5 Å². The van der Waals surface area contributed by atoms with E-state index in [9.17, 15) is 18.0 Å². The van der Waals surface area contributed by atoms with Crippen LogP contribution < -0.4 is 21.3 Å². The molecule has 0 aliphatic carbocycles. The number of nitrogens with one attached hydrogen (secondary N) is 4. The summed E-state index contributed by atoms with van der Waals surface area (Å²) in [6.07, 6.45) is 1.07. The zero-order valence-electron chi connectivity index (χ0n) is 23.6. The topological polar surface area (TPSA) is 173 Å². The van der Waals surface area contributed by atoms with Crippen molar-refractivity contribution in [1.29, 1.82) is 5.41 Å². The normalized spacial score (nSPS) is 16.7. The average Bonchev–Trinajstić information content (AvgIpc) is 3.37. The molecule has 1 heterocycles. The summed E-state index contributed by atoms with van der Waals surface area (Å²) in [5.41, 5.74) is 8.92. The number of benzene rings is 3. The van der Waals surface area contributed by atoms with Gasteiger partial charge >= 0.3 is 5.97 Å². The number of carbonyl (C=O) groups excluding carboxylic acids is 2. The molecule has 0 saturated heterocycles. The molecule has 0 spiro atoms. The Morgan fingerprint density at radius 2 is 1.71 bits per heavy atom. The molecular weight excluding hydrogens is 558 g/mol. The second-order valence-electron chi connectivity index (χ2n) is 10.8. The van der Waals surface area contributed by atoms with Gasteiger partial charge in [0, 0.05) is 27.9 Å². The first-order valence-corrected chi connectivity index (χ1v) is 14.4. The van der Waals surface area contributed by atoms with Crippen LogP contribution in [0.4, 0.5) is 5.69 Å². The number of hydroxylamine groups is 1. The molecule has 1 amide bonds. The summed E-state index contributed by atoms with van der Waals surface area (Å²) in [5, 5.41) is 10.5. The minimum atomic E-state index is -3.81. The van der Waals surface area contributed by atoms with Crippen LogP contribution in [0.25, 0.3) is 16.8 Å². The van der Waals surface area contributed by atoms with E-state index in [-0.39, 0.29) is 10.7 Å². The van der Waals surface area contributed by atoms with Gasteiger partial charge in [-0.3, -0.25) is 25.3 Å². The van der Waals surface area contributed by atoms with Gasteiger partial charge in [0.05, 0.1) is 24.1 Å². The molecule has 1 unspecified atom stereocenters. The molecule has 0 aromatic heterocycles. The fraction of sp³-hybridized carbons (Fsp3) is 0.233. The summed E-state index contributed by atoms with van der Waals surface area (Å²) >= 11 is 0. The highest BCUT2D eigenvalue weighted by atomic mass is 32.2. The molecule has 1 aliphatic heterocycles. The molecule has 3 aromatic rings. The predicted octanol–water partition coefficient (Wildman–Crippen LogP) is 3.53. The fourth-order valence-corrected chi connectivity index (χ4v) is 6.02. The molecule has 4 rings (SSSR count). The molecule has 3 aromatic carbocycles. The number of hydrogen-bond donors (Lipinski definition) is 5. The minimum absolute atomic E-state index is 0.121. The summed E-state index contributed by atoms with van der Waals surface area (Å²) in [7, 11) is -2.59. The van der Waals surface area contributed by atoms with Gasteiger partial charge < -0.3 is 15.8 Å². The average molecular weight is 592 g/mol. The number of ether oxygens (including phenoxy) is 1. The van der Waals surface area contributed by atoms with Crippen molar-refractivity contribution < 1.29 is 27.6 Å². The highest BCUT2D eigenvalue weighted by molar-refractivity contribution is 7.89. The first-order chi connectivity index (χ1) is 19.7. The van der Waals surface area contributed by atoms with Crippen LogP contribution in [-0.4, -0.2) is 44.4 Å². The molecular formula is C30H33N5O6S. The number of amides is 1. The number of esters is 1. The van der Waals surface area contributed by atoms with Gasteiger partial charge in [0.2, 0.25) is 15.6 Å². The maximum atomic E-state index is 13.5. The molecule has 12 heteroatoms. The van der Waals surface area contributed by atoms with Gasteiger partial charge in [-0.05, 0) is 56.7 Å². The number of anilines is 1. The standard InChI is InChI=1S/C30H33N5O6S/c1-29(2,3)35-42(38,39)25-11-6-5-10-23(25)19-12-14-22(15-13-19)33-28(37)30(18-26(36)40-4)17-24(34-41-30)20-8-7-9-21(16-20)27(31)32/h5-17,34-35H,18H2,1-4H3,(H3,31,32)(H,33,37). The lowest BCUT2D eigenvalue weighted by Gasteiger charge is -2.23. The van der Waals surface area contributed by atoms with E-state index in [0.717, 1.165) is 0 Å². The van der Waals surface area contributed by atoms with Crippen LogP contribution in [0.2, 0.25) is 0 Å². The van der Waals surface area contributed by atoms with E-state index >= 15 is 0 Å². The Hall–Kier alpha value is -4.52. The Kier molecular flexibility index (Phi) is 8.53. The number of sulfonamides is 1. The van der Waals surface area contributed by atoms with Crippen molar-refractivity contribution in [3.05, 3.63) is 90.0 Å². The van der Waals surface area contributed by atoms with E-state index < -0.39 is 39.5 Å². The SMILES string of the molecule is COC(=O)CC1(C(=O)Nc2ccc(-c3ccccc3S(=O)(=O)NC(C)(C)C)cc2)C=C(c2cccc(C(=N)N)c2)NO1. The molecule has 0 radical (unpaired) electrons. The van der Waals surface area contributed by atoms with Crippen molar-refractivity contribution in [3.8, 4) is 11.1 Å². The van der Waals surface area contributed by atoms with Crippen LogP contribution in [0.15, 0.2) is 83.8 Å². The largest absolute Gasteiger partial charge is 0.469 e. The Balaban J connectivity index is 1.61. The smallest absolute Gasteiger partial charge is 0.309 e. The Morgan fingerprint density at radius 1 is 1.02 bits per heavy atom. The fourth-order valence-electron chi connectivity index (χ4n) is 4.37. The highest BCUT2D eigenvalue weighted by Crippen LogP contribution is 2.33. The molecule has 0 fully saturated rings. The number of nitrogens with two attached hydrogens (primary N) is 1. The van der Waals surface area contributed by atoms with Crippen molar-refractivity contribution in [2.75, 3.05) is 12.4 Å². The number of rotatable bonds is 9. The van der Waals surface area contributed by atoms with Gasteiger partial charge in [-0.25, -0.2) is 13.1 Å². The van der Waals surface area contributed by atoms with Crippen LogP contribution in [0.1, 0.15) is 38.3 Å². The van der Waals surface area contributed by atoms with Crippen molar-refractivity contribution in [2.45, 2.75) is 43.2 Å². The lowest BCUT2D eigenvalue weighted by molar-refractivity contribution is -0.154. The van der Waals surface area contributed by atoms with Gasteiger partial charge in [0.1, 0.15) is 5.84 Å². The van der Waals surface area contributed by atoms with E-state index in [0.29, 0.717) is 33.6 Å². The van der Waals surface area contributed by atoms with Gasteiger partial charge in [0.15, 0.2) is 0 Å². The van der Waals surface area contributed by atoms with Crippen LogP contribution in [0, 0.1) is 5.41 Å². The molecule has 42 heavy (non-hydrogen) atoms. The maximum absolute atomic E-state index is 13.5. The molecule has 11 nitrogen and oxygen atoms in total. The quantitative estimate of drug-likeness (QED) is 0.143. The van der Waals surface area contributed by atoms with Gasteiger partial charge in [0.25, 0.3) is 5.91 Å². The van der Waals surface area contributed by atoms with E-state index in [1.807, 2.05) is 0 Å². The molecule has 0 bridgehead atoms. The number of methoxy groups -OCH3 is 1. The first-order valence-electron chi connectivity index (χ1n) is 13.0. The number of amidine groups is 1. The van der Waals surface area contributed by atoms with E-state index in [4.69, 9.17) is 20.7 Å². The second kappa shape index (κ2) is 11.8. The maximum Gasteiger partial charge on any atom is 0.309 e. The first kappa shape index (κ1) is 30.4. The summed E-state index contributed by atoms with van der Waals surface area (Å²) in [6.45, 7) is 5.30. The summed E-state index contributed by atoms with van der Waals surface area (Å²) in [6, 6.07) is 20.1. The lowest BCUT2D eigenvalue weighted by Crippen LogP contribution is -2.45. The van der Waals surface area contributed by atoms with Crippen LogP contribution in [0.5, 0.6) is 0 Å². The number of nitrogen functional groups attached to an aromatic ring is 1. The van der Waals surface area contributed by atoms with Crippen molar-refractivity contribution >= 4 is 39.1 Å². The lowest BCUT2D eigenvalue weighted by atomic mass is 9.95. The summed E-state index contributed by atoms with van der Waals surface area (Å²) < 4.78 is 33.6. The monoisotopic (exact) mass is 591 g/mol. The third-order valence-corrected chi connectivity index (χ3v) is 8.11. The third-order valence-electron chi connectivity index (χ3n) is 6.30. The zero-order valence-corrected chi connectivity index (χ0v) is 24.5. The Bertz CT molecular complexity index is 1660. The Labute approximate surface area is 244 Å². The predicted molar refractivity (Wildman–Crippen MR) is 160 cm³/mol. The van der Waals surface area contributed by atoms with Gasteiger partial charge in [-0.15, -0.1) is 0 Å². The number of hydrogen-bond acceptors (Lipinski definition) is 8. The van der Waals surface area contributed by atoms with Crippen molar-refractivity contribution in [1.82, 2.24) is 10.2 Å². The molecule has 220 valence electrons. The second-order valence-corrected chi connectivity index (χ2v) is 12.4. The third kappa shape index (κ3) is 6.85. The zero-order chi connectivity index (χ0) is 30.7. The van der Waals surface area contributed by atoms with Crippen LogP contribution >= 0.6 is 0 Å². The molecule has 6 N–H and O–H groups in total. The molecule has 0 saturated carbocycles. The molecule has 1 atom stereocenters. The highest BCUT2D eigenvalue weighted by Gasteiger charge is 2.45. The van der Waals surface area contributed by atoms with E-state index in [1.54, 1.807) is 87.5 Å². The van der Waals surface area contributed by atoms with E-state index in [1.165, 1.54) is 19.3 Å². The molecule has 1 aliphatic rings. The van der Waals surface area contributed by atoms with Crippen LogP contribution in [-0.2, 0) is 29.2 Å². The minimum Gasteiger partial charge on any atom is -0.469 e. The van der Waals surface area contributed by atoms with Crippen molar-refractivity contribution in [3.63, 3.8) is 0 Å². The van der Waals surface area contributed by atoms with Crippen molar-refractivity contribution in [2.24, 2.45) is 5.73 Å². The summed E-state index contributed by atoms with van der Waals surface area (Å²) in [4.78, 5) is 31.6. The van der Waals surface area contributed by atoms with Gasteiger partial charge in [-0.2, -0.15) is 0 Å². The van der Waals surface area contributed by atoms with Crippen LogP contribution in [0.3, 0.4) is 0 Å². The summed E-state index contributed by atoms with van der Waals surface area (Å²) in [5.74, 6) is -1.42. The Morgan fingerprint density at radius 3 is 2.36 bits per heavy atom.